The summed E-state index contributed by atoms with van der Waals surface area (Å²) in [4.78, 5) is 24.3. The highest BCUT2D eigenvalue weighted by atomic mass is 79.9. The van der Waals surface area contributed by atoms with Crippen LogP contribution in [0.3, 0.4) is 0 Å². The minimum atomic E-state index is -1.11. The number of likely N-dealkylation sites (tertiary alicyclic amines) is 1. The first-order valence-electron chi connectivity index (χ1n) is 6.47. The molecule has 114 valence electrons. The van der Waals surface area contributed by atoms with Gasteiger partial charge in [-0.2, -0.15) is 0 Å². The zero-order valence-electron chi connectivity index (χ0n) is 11.5. The van der Waals surface area contributed by atoms with E-state index in [9.17, 15) is 14.7 Å². The van der Waals surface area contributed by atoms with Crippen LogP contribution in [0.25, 0.3) is 0 Å². The minimum absolute atomic E-state index is 0.0221. The van der Waals surface area contributed by atoms with E-state index >= 15 is 0 Å². The number of halogens is 1. The summed E-state index contributed by atoms with van der Waals surface area (Å²) < 4.78 is 6.14. The average Bonchev–Trinajstić information content (AvgIpc) is 2.80. The van der Waals surface area contributed by atoms with Crippen molar-refractivity contribution in [3.63, 3.8) is 0 Å². The quantitative estimate of drug-likeness (QED) is 0.844. The van der Waals surface area contributed by atoms with E-state index in [2.05, 4.69) is 15.9 Å². The third kappa shape index (κ3) is 3.74. The number of rotatable bonds is 4. The molecule has 2 rings (SSSR count). The molecule has 1 fully saturated rings. The first kappa shape index (κ1) is 15.8. The van der Waals surface area contributed by atoms with Gasteiger partial charge in [-0.25, -0.2) is 4.79 Å². The molecule has 1 aromatic rings. The highest BCUT2D eigenvalue weighted by molar-refractivity contribution is 9.10. The normalized spacial score (nSPS) is 21.4. The maximum absolute atomic E-state index is 12.1. The monoisotopic (exact) mass is 357 g/mol. The fraction of sp³-hybridized carbons (Fsp3) is 0.429. The summed E-state index contributed by atoms with van der Waals surface area (Å²) >= 11 is 3.34. The van der Waals surface area contributed by atoms with Crippen molar-refractivity contribution in [1.29, 1.82) is 0 Å². The Kier molecular flexibility index (Phi) is 4.84. The smallest absolute Gasteiger partial charge is 0.326 e. The third-order valence-electron chi connectivity index (χ3n) is 3.32. The summed E-state index contributed by atoms with van der Waals surface area (Å²) in [7, 11) is 0. The number of aliphatic hydroxyl groups is 1. The fourth-order valence-electron chi connectivity index (χ4n) is 2.27. The molecule has 0 aromatic heterocycles. The van der Waals surface area contributed by atoms with Gasteiger partial charge in [0.2, 0.25) is 0 Å². The Morgan fingerprint density at radius 2 is 2.19 bits per heavy atom. The number of carboxylic acids is 1. The van der Waals surface area contributed by atoms with Crippen molar-refractivity contribution < 1.29 is 24.5 Å². The Hall–Kier alpha value is -1.60. The number of ether oxygens (including phenoxy) is 1. The number of amides is 1. The number of benzene rings is 1. The van der Waals surface area contributed by atoms with Crippen molar-refractivity contribution in [2.45, 2.75) is 25.5 Å². The predicted octanol–water partition coefficient (Wildman–Crippen LogP) is 1.18. The van der Waals surface area contributed by atoms with Gasteiger partial charge in [-0.15, -0.1) is 0 Å². The van der Waals surface area contributed by atoms with Crippen LogP contribution >= 0.6 is 15.9 Å². The van der Waals surface area contributed by atoms with Gasteiger partial charge in [-0.3, -0.25) is 4.79 Å². The molecule has 0 unspecified atom stereocenters. The summed E-state index contributed by atoms with van der Waals surface area (Å²) in [5.41, 5.74) is 1.05. The Morgan fingerprint density at radius 3 is 2.81 bits per heavy atom. The SMILES string of the molecule is Cc1ccc(OCC(=O)N2C[C@H](O)C[C@@H]2C(=O)O)c(Br)c1. The van der Waals surface area contributed by atoms with Crippen LogP contribution in [0.1, 0.15) is 12.0 Å². The highest BCUT2D eigenvalue weighted by Gasteiger charge is 2.38. The lowest BCUT2D eigenvalue weighted by atomic mass is 10.2. The number of aliphatic carboxylic acids is 1. The number of hydrogen-bond donors (Lipinski definition) is 2. The lowest BCUT2D eigenvalue weighted by Gasteiger charge is -2.21. The maximum atomic E-state index is 12.1. The van der Waals surface area contributed by atoms with Crippen LogP contribution in [0.2, 0.25) is 0 Å². The van der Waals surface area contributed by atoms with Gasteiger partial charge in [-0.1, -0.05) is 6.07 Å². The number of β-amino-alcohol motifs (C(OH)–C–C–N with tert-alkyl or cyclic N) is 1. The Labute approximate surface area is 130 Å². The van der Waals surface area contributed by atoms with E-state index < -0.39 is 24.0 Å². The summed E-state index contributed by atoms with van der Waals surface area (Å²) in [5.74, 6) is -1.05. The number of carboxylic acid groups (broad SMARTS) is 1. The number of aryl methyl sites for hydroxylation is 1. The van der Waals surface area contributed by atoms with E-state index in [1.54, 1.807) is 6.07 Å². The molecule has 1 amide bonds. The minimum Gasteiger partial charge on any atom is -0.483 e. The summed E-state index contributed by atoms with van der Waals surface area (Å²) in [5, 5.41) is 18.6. The molecule has 7 heteroatoms. The van der Waals surface area contributed by atoms with Crippen molar-refractivity contribution in [1.82, 2.24) is 4.90 Å². The van der Waals surface area contributed by atoms with Gasteiger partial charge < -0.3 is 19.8 Å². The van der Waals surface area contributed by atoms with Gasteiger partial charge in [-0.05, 0) is 40.5 Å². The topological polar surface area (TPSA) is 87.1 Å². The van der Waals surface area contributed by atoms with E-state index in [-0.39, 0.29) is 19.6 Å². The molecule has 1 saturated heterocycles. The molecule has 2 atom stereocenters. The molecule has 0 aliphatic carbocycles. The molecule has 0 bridgehead atoms. The number of nitrogens with zero attached hydrogens (tertiary/aromatic N) is 1. The lowest BCUT2D eigenvalue weighted by Crippen LogP contribution is -2.42. The van der Waals surface area contributed by atoms with Crippen molar-refractivity contribution in [3.8, 4) is 5.75 Å². The summed E-state index contributed by atoms with van der Waals surface area (Å²) in [6.07, 6.45) is -0.754. The van der Waals surface area contributed by atoms with Crippen molar-refractivity contribution >= 4 is 27.8 Å². The molecular weight excluding hydrogens is 342 g/mol. The largest absolute Gasteiger partial charge is 0.483 e. The molecule has 0 radical (unpaired) electrons. The predicted molar refractivity (Wildman–Crippen MR) is 78.1 cm³/mol. The third-order valence-corrected chi connectivity index (χ3v) is 3.94. The molecule has 1 heterocycles. The fourth-order valence-corrected chi connectivity index (χ4v) is 2.88. The van der Waals surface area contributed by atoms with E-state index in [0.29, 0.717) is 5.75 Å². The lowest BCUT2D eigenvalue weighted by molar-refractivity contribution is -0.149. The summed E-state index contributed by atoms with van der Waals surface area (Å²) in [6.45, 7) is 1.69. The van der Waals surface area contributed by atoms with Gasteiger partial charge in [0.25, 0.3) is 5.91 Å². The zero-order valence-corrected chi connectivity index (χ0v) is 13.0. The first-order chi connectivity index (χ1) is 9.88. The second-order valence-electron chi connectivity index (χ2n) is 5.01. The molecule has 2 N–H and O–H groups in total. The van der Waals surface area contributed by atoms with Gasteiger partial charge in [0.15, 0.2) is 6.61 Å². The standard InChI is InChI=1S/C14H16BrNO5/c1-8-2-3-12(10(15)4-8)21-7-13(18)16-6-9(17)5-11(16)14(19)20/h2-4,9,11,17H,5-7H2,1H3,(H,19,20)/t9-,11-/m1/s1. The van der Waals surface area contributed by atoms with Crippen LogP contribution < -0.4 is 4.74 Å². The number of aliphatic hydroxyl groups excluding tert-OH is 1. The van der Waals surface area contributed by atoms with Gasteiger partial charge in [0.1, 0.15) is 11.8 Å². The Morgan fingerprint density at radius 1 is 1.48 bits per heavy atom. The van der Waals surface area contributed by atoms with E-state index in [1.807, 2.05) is 19.1 Å². The zero-order chi connectivity index (χ0) is 15.6. The molecule has 1 aromatic carbocycles. The van der Waals surface area contributed by atoms with E-state index in [0.717, 1.165) is 14.9 Å². The molecule has 1 aliphatic rings. The molecule has 0 saturated carbocycles. The second kappa shape index (κ2) is 6.44. The van der Waals surface area contributed by atoms with Crippen molar-refractivity contribution in [2.75, 3.05) is 13.2 Å². The highest BCUT2D eigenvalue weighted by Crippen LogP contribution is 2.26. The van der Waals surface area contributed by atoms with Crippen molar-refractivity contribution in [3.05, 3.63) is 28.2 Å². The second-order valence-corrected chi connectivity index (χ2v) is 5.87. The molecule has 0 spiro atoms. The van der Waals surface area contributed by atoms with Crippen LogP contribution in [-0.4, -0.2) is 52.3 Å². The molecule has 1 aliphatic heterocycles. The number of carbonyl (C=O) groups excluding carboxylic acids is 1. The molecule has 21 heavy (non-hydrogen) atoms. The first-order valence-corrected chi connectivity index (χ1v) is 7.27. The van der Waals surface area contributed by atoms with E-state index in [1.165, 1.54) is 0 Å². The van der Waals surface area contributed by atoms with Gasteiger partial charge in [0, 0.05) is 13.0 Å². The van der Waals surface area contributed by atoms with Gasteiger partial charge >= 0.3 is 5.97 Å². The van der Waals surface area contributed by atoms with Crippen LogP contribution in [0.4, 0.5) is 0 Å². The van der Waals surface area contributed by atoms with Crippen LogP contribution in [0, 0.1) is 6.92 Å². The number of hydrogen-bond acceptors (Lipinski definition) is 4. The Bertz CT molecular complexity index is 562. The van der Waals surface area contributed by atoms with Crippen LogP contribution in [-0.2, 0) is 9.59 Å². The maximum Gasteiger partial charge on any atom is 0.326 e. The average molecular weight is 358 g/mol. The van der Waals surface area contributed by atoms with Crippen molar-refractivity contribution in [2.24, 2.45) is 0 Å². The molecule has 6 nitrogen and oxygen atoms in total. The van der Waals surface area contributed by atoms with Crippen LogP contribution in [0.15, 0.2) is 22.7 Å². The molecular formula is C14H16BrNO5. The van der Waals surface area contributed by atoms with Gasteiger partial charge in [0.05, 0.1) is 10.6 Å². The number of carbonyl (C=O) groups is 2. The Balaban J connectivity index is 1.99. The van der Waals surface area contributed by atoms with E-state index in [4.69, 9.17) is 9.84 Å². The summed E-state index contributed by atoms with van der Waals surface area (Å²) in [6, 6.07) is 4.46. The van der Waals surface area contributed by atoms with Crippen LogP contribution in [0.5, 0.6) is 5.75 Å².